The van der Waals surface area contributed by atoms with Gasteiger partial charge < -0.3 is 9.47 Å². The highest BCUT2D eigenvalue weighted by Gasteiger charge is 2.06. The minimum absolute atomic E-state index is 0.102. The highest BCUT2D eigenvalue weighted by Crippen LogP contribution is 2.26. The van der Waals surface area contributed by atoms with Crippen molar-refractivity contribution in [3.8, 4) is 11.5 Å². The summed E-state index contributed by atoms with van der Waals surface area (Å²) < 4.78 is 12.4. The van der Waals surface area contributed by atoms with Gasteiger partial charge in [-0.1, -0.05) is 12.1 Å². The third-order valence-electron chi connectivity index (χ3n) is 2.80. The van der Waals surface area contributed by atoms with Gasteiger partial charge in [-0.15, -0.1) is 11.3 Å². The van der Waals surface area contributed by atoms with Crippen LogP contribution in [0.4, 0.5) is 0 Å². The maximum absolute atomic E-state index is 11.8. The van der Waals surface area contributed by atoms with E-state index >= 15 is 0 Å². The molecule has 0 spiro atoms. The lowest BCUT2D eigenvalue weighted by Gasteiger charge is -2.09. The monoisotopic (exact) mass is 288 g/mol. The van der Waals surface area contributed by atoms with Gasteiger partial charge in [0, 0.05) is 17.6 Å². The van der Waals surface area contributed by atoms with Crippen LogP contribution in [0.3, 0.4) is 0 Å². The number of methoxy groups -OCH3 is 1. The molecule has 0 saturated carbocycles. The van der Waals surface area contributed by atoms with E-state index in [1.807, 2.05) is 29.6 Å². The number of ether oxygens (including phenoxy) is 2. The molecule has 1 aromatic carbocycles. The van der Waals surface area contributed by atoms with Crippen molar-refractivity contribution < 1.29 is 9.47 Å². The molecule has 0 bridgehead atoms. The van der Waals surface area contributed by atoms with E-state index in [2.05, 4.69) is 4.98 Å². The first-order valence-electron chi connectivity index (χ1n) is 5.99. The second kappa shape index (κ2) is 5.34. The summed E-state index contributed by atoms with van der Waals surface area (Å²) in [5, 5.41) is 1.83. The number of aromatic nitrogens is 2. The Labute approximate surface area is 119 Å². The minimum atomic E-state index is -0.102. The highest BCUT2D eigenvalue weighted by atomic mass is 32.1. The van der Waals surface area contributed by atoms with E-state index < -0.39 is 0 Å². The van der Waals surface area contributed by atoms with Crippen LogP contribution in [0.15, 0.2) is 46.7 Å². The number of para-hydroxylation sites is 2. The zero-order chi connectivity index (χ0) is 13.9. The van der Waals surface area contributed by atoms with Crippen molar-refractivity contribution in [3.05, 3.63) is 58.0 Å². The molecule has 0 aliphatic carbocycles. The van der Waals surface area contributed by atoms with Gasteiger partial charge in [0.2, 0.25) is 0 Å². The molecule has 3 aromatic rings. The van der Waals surface area contributed by atoms with Crippen LogP contribution in [-0.2, 0) is 6.61 Å². The standard InChI is InChI=1S/C14H12N2O3S/c1-18-11-4-2-3-5-12(11)19-9-10-8-13(17)16-6-7-20-14(16)15-10/h2-8H,9H2,1H3. The maximum atomic E-state index is 11.8. The number of fused-ring (bicyclic) bond motifs is 1. The van der Waals surface area contributed by atoms with Crippen molar-refractivity contribution in [3.63, 3.8) is 0 Å². The van der Waals surface area contributed by atoms with Gasteiger partial charge in [0.25, 0.3) is 5.56 Å². The molecule has 2 heterocycles. The van der Waals surface area contributed by atoms with E-state index in [0.29, 0.717) is 22.2 Å². The van der Waals surface area contributed by atoms with Crippen LogP contribution in [0, 0.1) is 0 Å². The summed E-state index contributed by atoms with van der Waals surface area (Å²) in [5.74, 6) is 1.28. The minimum Gasteiger partial charge on any atom is -0.493 e. The normalized spacial score (nSPS) is 10.7. The Hall–Kier alpha value is -2.34. The molecule has 102 valence electrons. The fourth-order valence-corrected chi connectivity index (χ4v) is 2.59. The summed E-state index contributed by atoms with van der Waals surface area (Å²) in [6.45, 7) is 0.226. The summed E-state index contributed by atoms with van der Waals surface area (Å²) in [7, 11) is 1.59. The quantitative estimate of drug-likeness (QED) is 0.739. The van der Waals surface area contributed by atoms with Gasteiger partial charge in [-0.3, -0.25) is 9.20 Å². The number of nitrogens with zero attached hydrogens (tertiary/aromatic N) is 2. The Morgan fingerprint density at radius 2 is 2.10 bits per heavy atom. The average Bonchev–Trinajstić information content (AvgIpc) is 2.94. The first kappa shape index (κ1) is 12.7. The molecule has 0 N–H and O–H groups in total. The van der Waals surface area contributed by atoms with E-state index in [1.165, 1.54) is 21.8 Å². The molecule has 2 aromatic heterocycles. The van der Waals surface area contributed by atoms with Crippen LogP contribution in [0.1, 0.15) is 5.69 Å². The van der Waals surface area contributed by atoms with Gasteiger partial charge in [0.15, 0.2) is 16.5 Å². The van der Waals surface area contributed by atoms with E-state index in [0.717, 1.165) is 0 Å². The lowest BCUT2D eigenvalue weighted by Crippen LogP contribution is -2.14. The largest absolute Gasteiger partial charge is 0.493 e. The van der Waals surface area contributed by atoms with Crippen molar-refractivity contribution >= 4 is 16.3 Å². The molecule has 3 rings (SSSR count). The molecule has 0 saturated heterocycles. The van der Waals surface area contributed by atoms with E-state index in [4.69, 9.17) is 9.47 Å². The Bertz CT molecular complexity index is 794. The SMILES string of the molecule is COc1ccccc1OCc1cc(=O)n2ccsc2n1. The third kappa shape index (κ3) is 2.37. The van der Waals surface area contributed by atoms with Crippen LogP contribution in [0.2, 0.25) is 0 Å². The Morgan fingerprint density at radius 1 is 1.30 bits per heavy atom. The predicted octanol–water partition coefficient (Wildman–Crippen LogP) is 2.34. The highest BCUT2D eigenvalue weighted by molar-refractivity contribution is 7.15. The predicted molar refractivity (Wildman–Crippen MR) is 76.7 cm³/mol. The van der Waals surface area contributed by atoms with Crippen molar-refractivity contribution in [2.75, 3.05) is 7.11 Å². The topological polar surface area (TPSA) is 52.8 Å². The van der Waals surface area contributed by atoms with Crippen LogP contribution in [0.5, 0.6) is 11.5 Å². The smallest absolute Gasteiger partial charge is 0.258 e. The van der Waals surface area contributed by atoms with Crippen LogP contribution in [-0.4, -0.2) is 16.5 Å². The maximum Gasteiger partial charge on any atom is 0.258 e. The second-order valence-corrected chi connectivity index (χ2v) is 4.95. The van der Waals surface area contributed by atoms with Gasteiger partial charge in [0.05, 0.1) is 12.8 Å². The number of rotatable bonds is 4. The molecule has 0 fully saturated rings. The number of thiazole rings is 1. The molecule has 6 heteroatoms. The molecule has 0 atom stereocenters. The zero-order valence-corrected chi connectivity index (χ0v) is 11.6. The number of benzene rings is 1. The molecule has 0 amide bonds. The van der Waals surface area contributed by atoms with Crippen molar-refractivity contribution in [1.82, 2.24) is 9.38 Å². The first-order chi connectivity index (χ1) is 9.78. The van der Waals surface area contributed by atoms with Crippen LogP contribution in [0.25, 0.3) is 4.96 Å². The number of hydrogen-bond acceptors (Lipinski definition) is 5. The fourth-order valence-electron chi connectivity index (χ4n) is 1.85. The Morgan fingerprint density at radius 3 is 2.90 bits per heavy atom. The summed E-state index contributed by atoms with van der Waals surface area (Å²) in [5.41, 5.74) is 0.498. The summed E-state index contributed by atoms with van der Waals surface area (Å²) >= 11 is 1.42. The fraction of sp³-hybridized carbons (Fsp3) is 0.143. The summed E-state index contributed by atoms with van der Waals surface area (Å²) in [4.78, 5) is 16.9. The third-order valence-corrected chi connectivity index (χ3v) is 3.56. The molecule has 0 aliphatic rings. The summed E-state index contributed by atoms with van der Waals surface area (Å²) in [6.07, 6.45) is 1.71. The Kier molecular flexibility index (Phi) is 3.39. The lowest BCUT2D eigenvalue weighted by atomic mass is 10.3. The van der Waals surface area contributed by atoms with Gasteiger partial charge in [-0.2, -0.15) is 0 Å². The lowest BCUT2D eigenvalue weighted by molar-refractivity contribution is 0.281. The molecular formula is C14H12N2O3S. The van der Waals surface area contributed by atoms with Crippen molar-refractivity contribution in [2.45, 2.75) is 6.61 Å². The molecule has 5 nitrogen and oxygen atoms in total. The molecule has 0 radical (unpaired) electrons. The zero-order valence-electron chi connectivity index (χ0n) is 10.8. The van der Waals surface area contributed by atoms with Gasteiger partial charge in [0.1, 0.15) is 6.61 Å². The van der Waals surface area contributed by atoms with E-state index in [-0.39, 0.29) is 12.2 Å². The van der Waals surface area contributed by atoms with E-state index in [1.54, 1.807) is 13.3 Å². The Balaban J connectivity index is 1.85. The van der Waals surface area contributed by atoms with E-state index in [9.17, 15) is 4.79 Å². The van der Waals surface area contributed by atoms with Gasteiger partial charge in [-0.25, -0.2) is 4.98 Å². The molecular weight excluding hydrogens is 276 g/mol. The molecule has 20 heavy (non-hydrogen) atoms. The molecule has 0 aliphatic heterocycles. The van der Waals surface area contributed by atoms with Gasteiger partial charge in [-0.05, 0) is 12.1 Å². The number of hydrogen-bond donors (Lipinski definition) is 0. The molecule has 0 unspecified atom stereocenters. The van der Waals surface area contributed by atoms with Crippen molar-refractivity contribution in [2.24, 2.45) is 0 Å². The first-order valence-corrected chi connectivity index (χ1v) is 6.87. The van der Waals surface area contributed by atoms with Crippen LogP contribution < -0.4 is 15.0 Å². The average molecular weight is 288 g/mol. The second-order valence-electron chi connectivity index (χ2n) is 4.08. The van der Waals surface area contributed by atoms with Crippen molar-refractivity contribution in [1.29, 1.82) is 0 Å². The summed E-state index contributed by atoms with van der Waals surface area (Å²) in [6, 6.07) is 8.85. The van der Waals surface area contributed by atoms with Gasteiger partial charge >= 0.3 is 0 Å². The van der Waals surface area contributed by atoms with Crippen LogP contribution >= 0.6 is 11.3 Å².